The standard InChI is InChI=1S/C28H32N4O3/c1-17(2)25-28(34)31(26-21-11-5-6-12-22(21)27(33)32(25)26)14-8-9-18(3)30-23-16-20(35-4)15-19-10-7-13-29-24(19)23/h5-7,10-13,15-18,25-26,30H,8-9,14H2,1-4H3/t18?,25-,26+/m0/s1. The van der Waals surface area contributed by atoms with E-state index in [2.05, 4.69) is 17.2 Å². The number of amides is 2. The largest absolute Gasteiger partial charge is 0.497 e. The summed E-state index contributed by atoms with van der Waals surface area (Å²) >= 11 is 0. The van der Waals surface area contributed by atoms with Crippen molar-refractivity contribution < 1.29 is 14.3 Å². The van der Waals surface area contributed by atoms with Crippen LogP contribution in [0.1, 0.15) is 55.7 Å². The van der Waals surface area contributed by atoms with Gasteiger partial charge in [-0.1, -0.05) is 38.1 Å². The fraction of sp³-hybridized carbons (Fsp3) is 0.393. The van der Waals surface area contributed by atoms with Crippen LogP contribution in [0.2, 0.25) is 0 Å². The Kier molecular flexibility index (Phi) is 6.09. The molecule has 3 heterocycles. The van der Waals surface area contributed by atoms with Crippen molar-refractivity contribution in [3.63, 3.8) is 0 Å². The molecule has 0 aliphatic carbocycles. The number of hydrogen-bond donors (Lipinski definition) is 1. The number of aromatic nitrogens is 1. The van der Waals surface area contributed by atoms with Gasteiger partial charge in [0.05, 0.1) is 18.3 Å². The van der Waals surface area contributed by atoms with E-state index in [1.54, 1.807) is 18.2 Å². The number of ether oxygens (including phenoxy) is 1. The van der Waals surface area contributed by atoms with Crippen LogP contribution in [0.4, 0.5) is 5.69 Å². The molecule has 0 radical (unpaired) electrons. The van der Waals surface area contributed by atoms with Crippen LogP contribution in [0, 0.1) is 5.92 Å². The van der Waals surface area contributed by atoms with Crippen LogP contribution in [0.25, 0.3) is 10.9 Å². The smallest absolute Gasteiger partial charge is 0.256 e. The number of nitrogens with one attached hydrogen (secondary N) is 1. The predicted octanol–water partition coefficient (Wildman–Crippen LogP) is 4.85. The average Bonchev–Trinajstić information content (AvgIpc) is 3.30. The first-order valence-electron chi connectivity index (χ1n) is 12.3. The van der Waals surface area contributed by atoms with E-state index in [0.29, 0.717) is 12.1 Å². The average molecular weight is 473 g/mol. The highest BCUT2D eigenvalue weighted by Gasteiger charge is 2.54. The number of pyridine rings is 1. The van der Waals surface area contributed by atoms with Gasteiger partial charge in [0.2, 0.25) is 5.91 Å². The Hall–Kier alpha value is -3.61. The Labute approximate surface area is 206 Å². The summed E-state index contributed by atoms with van der Waals surface area (Å²) in [6.45, 7) is 6.77. The lowest BCUT2D eigenvalue weighted by atomic mass is 10.0. The van der Waals surface area contributed by atoms with Gasteiger partial charge in [0.15, 0.2) is 0 Å². The third kappa shape index (κ3) is 3.99. The maximum Gasteiger partial charge on any atom is 0.256 e. The third-order valence-electron chi connectivity index (χ3n) is 7.08. The SMILES string of the molecule is COc1cc(NC(C)CCCN2C(=O)[C@H](C(C)C)N3C(=O)c4ccccc4[C@H]23)c2ncccc2c1. The molecule has 1 fully saturated rings. The predicted molar refractivity (Wildman–Crippen MR) is 136 cm³/mol. The van der Waals surface area contributed by atoms with Crippen molar-refractivity contribution in [2.45, 2.75) is 51.9 Å². The molecule has 3 aromatic rings. The van der Waals surface area contributed by atoms with Crippen molar-refractivity contribution in [1.29, 1.82) is 0 Å². The lowest BCUT2D eigenvalue weighted by Crippen LogP contribution is -2.40. The van der Waals surface area contributed by atoms with Crippen molar-refractivity contribution in [1.82, 2.24) is 14.8 Å². The van der Waals surface area contributed by atoms with Crippen LogP contribution in [0.3, 0.4) is 0 Å². The van der Waals surface area contributed by atoms with Gasteiger partial charge in [-0.2, -0.15) is 0 Å². The number of methoxy groups -OCH3 is 1. The van der Waals surface area contributed by atoms with Gasteiger partial charge in [-0.3, -0.25) is 14.6 Å². The van der Waals surface area contributed by atoms with Gasteiger partial charge in [-0.25, -0.2) is 0 Å². The summed E-state index contributed by atoms with van der Waals surface area (Å²) in [7, 11) is 1.66. The van der Waals surface area contributed by atoms with E-state index in [4.69, 9.17) is 4.74 Å². The van der Waals surface area contributed by atoms with E-state index < -0.39 is 6.04 Å². The molecule has 2 aliphatic rings. The molecule has 3 atom stereocenters. The Morgan fingerprint density at radius 1 is 1.09 bits per heavy atom. The molecule has 1 N–H and O–H groups in total. The number of rotatable bonds is 8. The molecular weight excluding hydrogens is 440 g/mol. The van der Waals surface area contributed by atoms with Crippen LogP contribution in [0.15, 0.2) is 54.7 Å². The van der Waals surface area contributed by atoms with E-state index >= 15 is 0 Å². The molecule has 0 spiro atoms. The van der Waals surface area contributed by atoms with Crippen LogP contribution in [-0.4, -0.2) is 52.3 Å². The number of carbonyl (C=O) groups excluding carboxylic acids is 2. The highest BCUT2D eigenvalue weighted by atomic mass is 16.5. The fourth-order valence-corrected chi connectivity index (χ4v) is 5.46. The van der Waals surface area contributed by atoms with Crippen molar-refractivity contribution in [3.8, 4) is 5.75 Å². The zero-order valence-corrected chi connectivity index (χ0v) is 20.7. The molecule has 7 heteroatoms. The van der Waals surface area contributed by atoms with E-state index in [-0.39, 0.29) is 29.9 Å². The van der Waals surface area contributed by atoms with Gasteiger partial charge < -0.3 is 19.9 Å². The van der Waals surface area contributed by atoms with E-state index in [1.165, 1.54) is 0 Å². The quantitative estimate of drug-likeness (QED) is 0.508. The molecule has 35 heavy (non-hydrogen) atoms. The lowest BCUT2D eigenvalue weighted by Gasteiger charge is -2.26. The van der Waals surface area contributed by atoms with Crippen LogP contribution < -0.4 is 10.1 Å². The zero-order chi connectivity index (χ0) is 24.7. The Morgan fingerprint density at radius 2 is 1.89 bits per heavy atom. The second-order valence-corrected chi connectivity index (χ2v) is 9.83. The van der Waals surface area contributed by atoms with Crippen LogP contribution in [0.5, 0.6) is 5.75 Å². The van der Waals surface area contributed by atoms with E-state index in [9.17, 15) is 9.59 Å². The summed E-state index contributed by atoms with van der Waals surface area (Å²) in [5.41, 5.74) is 3.50. The van der Waals surface area contributed by atoms with Crippen molar-refractivity contribution >= 4 is 28.4 Å². The normalized spacial score (nSPS) is 19.9. The van der Waals surface area contributed by atoms with Gasteiger partial charge in [-0.15, -0.1) is 0 Å². The van der Waals surface area contributed by atoms with Crippen molar-refractivity contribution in [2.75, 3.05) is 19.0 Å². The number of fused-ring (bicyclic) bond motifs is 4. The second kappa shape index (κ2) is 9.21. The van der Waals surface area contributed by atoms with Gasteiger partial charge in [-0.05, 0) is 43.9 Å². The van der Waals surface area contributed by atoms with E-state index in [1.807, 2.05) is 67.3 Å². The number of hydrogen-bond acceptors (Lipinski definition) is 5. The molecule has 2 amide bonds. The van der Waals surface area contributed by atoms with Crippen LogP contribution in [-0.2, 0) is 4.79 Å². The summed E-state index contributed by atoms with van der Waals surface area (Å²) in [5.74, 6) is 0.860. The Balaban J connectivity index is 1.30. The molecule has 2 aliphatic heterocycles. The topological polar surface area (TPSA) is 74.8 Å². The Morgan fingerprint density at radius 3 is 2.66 bits per heavy atom. The molecular formula is C28H32N4O3. The van der Waals surface area contributed by atoms with E-state index in [0.717, 1.165) is 40.7 Å². The van der Waals surface area contributed by atoms with Crippen molar-refractivity contribution in [3.05, 3.63) is 65.9 Å². The first kappa shape index (κ1) is 23.1. The molecule has 1 aromatic heterocycles. The monoisotopic (exact) mass is 472 g/mol. The molecule has 0 saturated carbocycles. The minimum Gasteiger partial charge on any atom is -0.497 e. The molecule has 182 valence electrons. The summed E-state index contributed by atoms with van der Waals surface area (Å²) in [5, 5.41) is 4.60. The Bertz CT molecular complexity index is 1270. The maximum atomic E-state index is 13.4. The van der Waals surface area contributed by atoms with Crippen LogP contribution >= 0.6 is 0 Å². The summed E-state index contributed by atoms with van der Waals surface area (Å²) in [6, 6.07) is 15.3. The molecule has 0 bridgehead atoms. The van der Waals surface area contributed by atoms with Gasteiger partial charge in [0.25, 0.3) is 5.91 Å². The molecule has 1 saturated heterocycles. The highest BCUT2D eigenvalue weighted by molar-refractivity contribution is 6.04. The minimum atomic E-state index is -0.412. The fourth-order valence-electron chi connectivity index (χ4n) is 5.46. The summed E-state index contributed by atoms with van der Waals surface area (Å²) in [4.78, 5) is 34.8. The third-order valence-corrected chi connectivity index (χ3v) is 7.08. The number of benzene rings is 2. The number of anilines is 1. The van der Waals surface area contributed by atoms with Gasteiger partial charge in [0, 0.05) is 41.4 Å². The minimum absolute atomic E-state index is 0.0346. The number of nitrogens with zero attached hydrogens (tertiary/aromatic N) is 3. The second-order valence-electron chi connectivity index (χ2n) is 9.83. The number of carbonyl (C=O) groups is 2. The first-order valence-corrected chi connectivity index (χ1v) is 12.3. The molecule has 7 nitrogen and oxygen atoms in total. The molecule has 2 aromatic carbocycles. The van der Waals surface area contributed by atoms with Crippen molar-refractivity contribution in [2.24, 2.45) is 5.92 Å². The first-order chi connectivity index (χ1) is 16.9. The molecule has 1 unspecified atom stereocenters. The summed E-state index contributed by atoms with van der Waals surface area (Å²) < 4.78 is 5.47. The summed E-state index contributed by atoms with van der Waals surface area (Å²) in [6.07, 6.45) is 3.18. The molecule has 5 rings (SSSR count). The lowest BCUT2D eigenvalue weighted by molar-refractivity contribution is -0.131. The van der Waals surface area contributed by atoms with Gasteiger partial charge >= 0.3 is 0 Å². The highest BCUT2D eigenvalue weighted by Crippen LogP contribution is 2.44. The van der Waals surface area contributed by atoms with Gasteiger partial charge in [0.1, 0.15) is 18.0 Å². The maximum absolute atomic E-state index is 13.4. The zero-order valence-electron chi connectivity index (χ0n) is 20.7.